The second-order valence-corrected chi connectivity index (χ2v) is 3.39. The molecular weight excluding hydrogens is 188 g/mol. The maximum absolute atomic E-state index is 10.1. The first-order valence-corrected chi connectivity index (χ1v) is 3.94. The fourth-order valence-corrected chi connectivity index (χ4v) is 0.980. The number of carboxylic acids is 1. The smallest absolute Gasteiger partial charge is 0.321 e. The summed E-state index contributed by atoms with van der Waals surface area (Å²) >= 11 is 1.34. The summed E-state index contributed by atoms with van der Waals surface area (Å²) in [6.07, 6.45) is 0. The van der Waals surface area contributed by atoms with Crippen molar-refractivity contribution in [2.24, 2.45) is 11.5 Å². The summed E-state index contributed by atoms with van der Waals surface area (Å²) in [6.45, 7) is 1.79. The van der Waals surface area contributed by atoms with E-state index in [-0.39, 0.29) is 17.8 Å². The van der Waals surface area contributed by atoms with Crippen LogP contribution in [0.15, 0.2) is 0 Å². The zero-order valence-electron chi connectivity index (χ0n) is 6.19. The molecule has 0 radical (unpaired) electrons. The van der Waals surface area contributed by atoms with E-state index in [0.29, 0.717) is 5.75 Å². The molecule has 0 aliphatic carbocycles. The second-order valence-electron chi connectivity index (χ2n) is 1.98. The SMILES string of the molecule is CC(N)SC[C@H](N)C(=O)O.Cl. The Labute approximate surface area is 76.1 Å². The van der Waals surface area contributed by atoms with E-state index in [9.17, 15) is 4.79 Å². The highest BCUT2D eigenvalue weighted by Gasteiger charge is 2.11. The third kappa shape index (κ3) is 7.93. The molecule has 1 unspecified atom stereocenters. The first kappa shape index (κ1) is 13.6. The molecule has 0 heterocycles. The van der Waals surface area contributed by atoms with E-state index in [1.54, 1.807) is 6.92 Å². The van der Waals surface area contributed by atoms with E-state index in [2.05, 4.69) is 0 Å². The van der Waals surface area contributed by atoms with Gasteiger partial charge in [0, 0.05) is 11.1 Å². The fraction of sp³-hybridized carbons (Fsp3) is 0.800. The van der Waals surface area contributed by atoms with Crippen molar-refractivity contribution >= 4 is 30.1 Å². The number of carbonyl (C=O) groups is 1. The van der Waals surface area contributed by atoms with Crippen molar-refractivity contribution < 1.29 is 9.90 Å². The van der Waals surface area contributed by atoms with Gasteiger partial charge in [-0.2, -0.15) is 0 Å². The summed E-state index contributed by atoms with van der Waals surface area (Å²) in [6, 6.07) is -0.795. The number of aliphatic carboxylic acids is 1. The normalized spacial score (nSPS) is 14.8. The summed E-state index contributed by atoms with van der Waals surface area (Å²) in [7, 11) is 0. The van der Waals surface area contributed by atoms with Crippen molar-refractivity contribution in [3.05, 3.63) is 0 Å². The molecule has 0 fully saturated rings. The highest BCUT2D eigenvalue weighted by molar-refractivity contribution is 7.99. The number of halogens is 1. The van der Waals surface area contributed by atoms with Gasteiger partial charge in [-0.1, -0.05) is 0 Å². The van der Waals surface area contributed by atoms with E-state index in [1.807, 2.05) is 0 Å². The van der Waals surface area contributed by atoms with Crippen molar-refractivity contribution in [3.8, 4) is 0 Å². The lowest BCUT2D eigenvalue weighted by atomic mass is 10.4. The van der Waals surface area contributed by atoms with Crippen LogP contribution in [-0.2, 0) is 4.79 Å². The Hall–Kier alpha value is 0.0300. The molecule has 0 spiro atoms. The van der Waals surface area contributed by atoms with Crippen molar-refractivity contribution in [1.82, 2.24) is 0 Å². The maximum atomic E-state index is 10.1. The second kappa shape index (κ2) is 6.72. The van der Waals surface area contributed by atoms with Crippen molar-refractivity contribution in [1.29, 1.82) is 0 Å². The Bertz CT molecular complexity index is 123. The zero-order chi connectivity index (χ0) is 8.15. The predicted molar refractivity (Wildman–Crippen MR) is 49.0 cm³/mol. The Kier molecular flexibility index (Phi) is 8.32. The van der Waals surface area contributed by atoms with Gasteiger partial charge in [0.05, 0.1) is 0 Å². The lowest BCUT2D eigenvalue weighted by molar-refractivity contribution is -0.137. The molecule has 0 saturated carbocycles. The van der Waals surface area contributed by atoms with Crippen LogP contribution < -0.4 is 11.5 Å². The minimum absolute atomic E-state index is 0. The quantitative estimate of drug-likeness (QED) is 0.550. The molecule has 0 aromatic rings. The number of thioether (sulfide) groups is 1. The molecule has 0 amide bonds. The molecule has 0 aromatic carbocycles. The number of nitrogens with two attached hydrogens (primary N) is 2. The molecule has 2 atom stereocenters. The molecule has 11 heavy (non-hydrogen) atoms. The summed E-state index contributed by atoms with van der Waals surface area (Å²) in [4.78, 5) is 10.1. The maximum Gasteiger partial charge on any atom is 0.321 e. The van der Waals surface area contributed by atoms with E-state index >= 15 is 0 Å². The number of carboxylic acid groups (broad SMARTS) is 1. The van der Waals surface area contributed by atoms with Crippen LogP contribution in [0, 0.1) is 0 Å². The van der Waals surface area contributed by atoms with Crippen LogP contribution >= 0.6 is 24.2 Å². The zero-order valence-corrected chi connectivity index (χ0v) is 7.82. The molecule has 6 heteroatoms. The van der Waals surface area contributed by atoms with Gasteiger partial charge in [-0.15, -0.1) is 24.2 Å². The predicted octanol–water partition coefficient (Wildman–Crippen LogP) is -0.142. The molecule has 0 aromatic heterocycles. The van der Waals surface area contributed by atoms with Crippen LogP contribution in [0.4, 0.5) is 0 Å². The van der Waals surface area contributed by atoms with Crippen molar-refractivity contribution in [3.63, 3.8) is 0 Å². The number of hydrogen-bond acceptors (Lipinski definition) is 4. The molecule has 0 saturated heterocycles. The first-order valence-electron chi connectivity index (χ1n) is 2.89. The minimum Gasteiger partial charge on any atom is -0.480 e. The molecule has 5 N–H and O–H groups in total. The van der Waals surface area contributed by atoms with E-state index in [1.165, 1.54) is 11.8 Å². The van der Waals surface area contributed by atoms with Gasteiger partial charge in [-0.3, -0.25) is 4.79 Å². The highest BCUT2D eigenvalue weighted by atomic mass is 35.5. The fourth-order valence-electron chi connectivity index (χ4n) is 0.327. The summed E-state index contributed by atoms with van der Waals surface area (Å²) < 4.78 is 0. The topological polar surface area (TPSA) is 89.3 Å². The van der Waals surface area contributed by atoms with Gasteiger partial charge in [-0.25, -0.2) is 0 Å². The standard InChI is InChI=1S/C5H12N2O2S.ClH/c1-3(6)10-2-4(7)5(8)9;/h3-4H,2,6-7H2,1H3,(H,8,9);1H/t3?,4-;/m0./s1. The van der Waals surface area contributed by atoms with Gasteiger partial charge in [-0.05, 0) is 6.92 Å². The number of hydrogen-bond donors (Lipinski definition) is 3. The molecule has 4 nitrogen and oxygen atoms in total. The lowest BCUT2D eigenvalue weighted by Gasteiger charge is -2.07. The lowest BCUT2D eigenvalue weighted by Crippen LogP contribution is -2.33. The summed E-state index contributed by atoms with van der Waals surface area (Å²) in [5.41, 5.74) is 10.5. The van der Waals surface area contributed by atoms with Crippen LogP contribution in [0.25, 0.3) is 0 Å². The van der Waals surface area contributed by atoms with Crippen molar-refractivity contribution in [2.75, 3.05) is 5.75 Å². The Morgan fingerprint density at radius 3 is 2.36 bits per heavy atom. The third-order valence-electron chi connectivity index (χ3n) is 0.856. The average molecular weight is 201 g/mol. The van der Waals surface area contributed by atoms with Gasteiger partial charge in [0.15, 0.2) is 0 Å². The molecule has 0 rings (SSSR count). The molecular formula is C5H13ClN2O2S. The monoisotopic (exact) mass is 200 g/mol. The Morgan fingerprint density at radius 2 is 2.09 bits per heavy atom. The molecule has 68 valence electrons. The average Bonchev–Trinajstić information content (AvgIpc) is 1.82. The first-order chi connectivity index (χ1) is 4.54. The van der Waals surface area contributed by atoms with Crippen LogP contribution in [0.1, 0.15) is 6.92 Å². The number of rotatable bonds is 4. The van der Waals surface area contributed by atoms with Gasteiger partial charge in [0.1, 0.15) is 6.04 Å². The van der Waals surface area contributed by atoms with Crippen LogP contribution in [0.3, 0.4) is 0 Å². The van der Waals surface area contributed by atoms with E-state index in [0.717, 1.165) is 0 Å². The highest BCUT2D eigenvalue weighted by Crippen LogP contribution is 2.04. The van der Waals surface area contributed by atoms with Gasteiger partial charge in [0.25, 0.3) is 0 Å². The van der Waals surface area contributed by atoms with Crippen LogP contribution in [0.5, 0.6) is 0 Å². The van der Waals surface area contributed by atoms with E-state index < -0.39 is 12.0 Å². The van der Waals surface area contributed by atoms with E-state index in [4.69, 9.17) is 16.6 Å². The van der Waals surface area contributed by atoms with Gasteiger partial charge < -0.3 is 16.6 Å². The minimum atomic E-state index is -0.979. The van der Waals surface area contributed by atoms with Gasteiger partial charge in [0.2, 0.25) is 0 Å². The van der Waals surface area contributed by atoms with Crippen LogP contribution in [0.2, 0.25) is 0 Å². The van der Waals surface area contributed by atoms with Crippen LogP contribution in [-0.4, -0.2) is 28.2 Å². The largest absolute Gasteiger partial charge is 0.480 e. The third-order valence-corrected chi connectivity index (χ3v) is 1.93. The summed E-state index contributed by atoms with van der Waals surface area (Å²) in [5, 5.41) is 8.27. The Balaban J connectivity index is 0. The molecule has 0 bridgehead atoms. The van der Waals surface area contributed by atoms with Crippen molar-refractivity contribution in [2.45, 2.75) is 18.3 Å². The Morgan fingerprint density at radius 1 is 1.64 bits per heavy atom. The summed E-state index contributed by atoms with van der Waals surface area (Å²) in [5.74, 6) is -0.611. The molecule has 0 aliphatic heterocycles. The molecule has 0 aliphatic rings. The van der Waals surface area contributed by atoms with Gasteiger partial charge >= 0.3 is 5.97 Å².